The number of rotatable bonds is 2. The molecule has 2 aromatic rings. The highest BCUT2D eigenvalue weighted by Crippen LogP contribution is 2.19. The molecular weight excluding hydrogens is 318 g/mol. The Morgan fingerprint density at radius 2 is 1.88 bits per heavy atom. The molecule has 1 saturated heterocycles. The Bertz CT molecular complexity index is 768. The number of piperidine rings is 1. The zero-order valence-corrected chi connectivity index (χ0v) is 15.0. The summed E-state index contributed by atoms with van der Waals surface area (Å²) in [6, 6.07) is 7.82. The lowest BCUT2D eigenvalue weighted by Gasteiger charge is -2.33. The third kappa shape index (κ3) is 4.13. The molecule has 6 heteroatoms. The van der Waals surface area contributed by atoms with Gasteiger partial charge in [-0.3, -0.25) is 4.79 Å². The Labute approximate surface area is 147 Å². The summed E-state index contributed by atoms with van der Waals surface area (Å²) in [4.78, 5) is 29.5. The number of fused-ring (bicyclic) bond motifs is 1. The van der Waals surface area contributed by atoms with Crippen LogP contribution in [0.5, 0.6) is 0 Å². The second kappa shape index (κ2) is 6.78. The highest BCUT2D eigenvalue weighted by molar-refractivity contribution is 6.06. The van der Waals surface area contributed by atoms with Crippen LogP contribution in [0.25, 0.3) is 10.9 Å². The van der Waals surface area contributed by atoms with Crippen LogP contribution in [0.2, 0.25) is 0 Å². The van der Waals surface area contributed by atoms with E-state index in [1.54, 1.807) is 11.1 Å². The topological polar surface area (TPSA) is 74.4 Å². The summed E-state index contributed by atoms with van der Waals surface area (Å²) < 4.78 is 5.40. The molecule has 0 unspecified atom stereocenters. The summed E-state index contributed by atoms with van der Waals surface area (Å²) in [6.07, 6.45) is 2.92. The number of ether oxygens (including phenoxy) is 1. The van der Waals surface area contributed by atoms with Crippen LogP contribution in [0.4, 0.5) is 4.79 Å². The van der Waals surface area contributed by atoms with Crippen molar-refractivity contribution in [3.63, 3.8) is 0 Å². The van der Waals surface area contributed by atoms with Gasteiger partial charge < -0.3 is 19.9 Å². The SMILES string of the molecule is CC(C)(C)OC(=O)N1CCC(NC(=O)c2c[nH]c3ccccc23)CC1. The average Bonchev–Trinajstić information content (AvgIpc) is 2.98. The Hall–Kier alpha value is -2.50. The fourth-order valence-corrected chi connectivity index (χ4v) is 3.06. The molecule has 0 radical (unpaired) electrons. The van der Waals surface area contributed by atoms with Gasteiger partial charge in [0.05, 0.1) is 5.56 Å². The van der Waals surface area contributed by atoms with Crippen LogP contribution in [0, 0.1) is 0 Å². The van der Waals surface area contributed by atoms with E-state index in [-0.39, 0.29) is 18.0 Å². The molecule has 0 aliphatic carbocycles. The number of carbonyl (C=O) groups excluding carboxylic acids is 2. The van der Waals surface area contributed by atoms with Gasteiger partial charge in [-0.05, 0) is 39.7 Å². The number of amides is 2. The molecule has 0 saturated carbocycles. The molecule has 1 fully saturated rings. The first-order valence-corrected chi connectivity index (χ1v) is 8.68. The molecule has 1 aromatic heterocycles. The van der Waals surface area contributed by atoms with Crippen molar-refractivity contribution in [2.45, 2.75) is 45.3 Å². The summed E-state index contributed by atoms with van der Waals surface area (Å²) in [5.74, 6) is -0.0758. The molecule has 134 valence electrons. The highest BCUT2D eigenvalue weighted by Gasteiger charge is 2.27. The first kappa shape index (κ1) is 17.3. The van der Waals surface area contributed by atoms with Gasteiger partial charge in [-0.25, -0.2) is 4.79 Å². The third-order valence-corrected chi connectivity index (χ3v) is 4.32. The number of para-hydroxylation sites is 1. The van der Waals surface area contributed by atoms with E-state index in [9.17, 15) is 9.59 Å². The lowest BCUT2D eigenvalue weighted by Crippen LogP contribution is -2.47. The van der Waals surface area contributed by atoms with E-state index < -0.39 is 5.60 Å². The van der Waals surface area contributed by atoms with Crippen molar-refractivity contribution in [1.29, 1.82) is 0 Å². The van der Waals surface area contributed by atoms with Gasteiger partial charge in [0.25, 0.3) is 5.91 Å². The van der Waals surface area contributed by atoms with Crippen molar-refractivity contribution in [3.05, 3.63) is 36.0 Å². The fraction of sp³-hybridized carbons (Fsp3) is 0.474. The maximum atomic E-state index is 12.6. The summed E-state index contributed by atoms with van der Waals surface area (Å²) in [5, 5.41) is 4.01. The van der Waals surface area contributed by atoms with E-state index in [2.05, 4.69) is 10.3 Å². The van der Waals surface area contributed by atoms with Gasteiger partial charge >= 0.3 is 6.09 Å². The first-order valence-electron chi connectivity index (χ1n) is 8.68. The molecule has 0 bridgehead atoms. The Kier molecular flexibility index (Phi) is 4.70. The van der Waals surface area contributed by atoms with E-state index in [0.29, 0.717) is 18.7 Å². The molecule has 2 amide bonds. The fourth-order valence-electron chi connectivity index (χ4n) is 3.06. The smallest absolute Gasteiger partial charge is 0.410 e. The standard InChI is InChI=1S/C19H25N3O3/c1-19(2,3)25-18(24)22-10-8-13(9-11-22)21-17(23)15-12-20-16-7-5-4-6-14(15)16/h4-7,12-13,20H,8-11H2,1-3H3,(H,21,23). The lowest BCUT2D eigenvalue weighted by molar-refractivity contribution is 0.0200. The van der Waals surface area contributed by atoms with Crippen LogP contribution in [-0.2, 0) is 4.74 Å². The van der Waals surface area contributed by atoms with Crippen LogP contribution in [0.1, 0.15) is 44.0 Å². The number of benzene rings is 1. The van der Waals surface area contributed by atoms with Crippen molar-refractivity contribution >= 4 is 22.9 Å². The van der Waals surface area contributed by atoms with Crippen molar-refractivity contribution in [3.8, 4) is 0 Å². The number of aromatic nitrogens is 1. The van der Waals surface area contributed by atoms with Crippen LogP contribution >= 0.6 is 0 Å². The average molecular weight is 343 g/mol. The number of nitrogens with one attached hydrogen (secondary N) is 2. The maximum Gasteiger partial charge on any atom is 0.410 e. The minimum atomic E-state index is -0.489. The van der Waals surface area contributed by atoms with Crippen LogP contribution in [-0.4, -0.2) is 46.6 Å². The van der Waals surface area contributed by atoms with Crippen molar-refractivity contribution in [2.24, 2.45) is 0 Å². The lowest BCUT2D eigenvalue weighted by atomic mass is 10.0. The van der Waals surface area contributed by atoms with Gasteiger partial charge in [-0.1, -0.05) is 18.2 Å². The Balaban J connectivity index is 1.55. The van der Waals surface area contributed by atoms with Crippen molar-refractivity contribution < 1.29 is 14.3 Å². The summed E-state index contributed by atoms with van der Waals surface area (Å²) in [5.41, 5.74) is 1.12. The molecule has 0 spiro atoms. The minimum Gasteiger partial charge on any atom is -0.444 e. The van der Waals surface area contributed by atoms with E-state index in [1.807, 2.05) is 45.0 Å². The number of hydrogen-bond acceptors (Lipinski definition) is 3. The second-order valence-corrected chi connectivity index (χ2v) is 7.46. The minimum absolute atomic E-state index is 0.0693. The van der Waals surface area contributed by atoms with Gasteiger partial charge in [-0.15, -0.1) is 0 Å². The van der Waals surface area contributed by atoms with Gasteiger partial charge in [0.15, 0.2) is 0 Å². The number of hydrogen-bond donors (Lipinski definition) is 2. The number of nitrogens with zero attached hydrogens (tertiary/aromatic N) is 1. The maximum absolute atomic E-state index is 12.6. The van der Waals surface area contributed by atoms with Crippen molar-refractivity contribution in [1.82, 2.24) is 15.2 Å². The molecule has 0 atom stereocenters. The number of H-pyrrole nitrogens is 1. The molecule has 1 aliphatic heterocycles. The first-order chi connectivity index (χ1) is 11.8. The summed E-state index contributed by atoms with van der Waals surface area (Å²) >= 11 is 0. The molecule has 25 heavy (non-hydrogen) atoms. The normalized spacial score (nSPS) is 16.0. The zero-order chi connectivity index (χ0) is 18.0. The molecule has 1 aliphatic rings. The predicted octanol–water partition coefficient (Wildman–Crippen LogP) is 3.30. The number of aromatic amines is 1. The number of carbonyl (C=O) groups is 2. The van der Waals surface area contributed by atoms with Crippen LogP contribution in [0.3, 0.4) is 0 Å². The number of likely N-dealkylation sites (tertiary alicyclic amines) is 1. The van der Waals surface area contributed by atoms with E-state index in [4.69, 9.17) is 4.74 Å². The molecular formula is C19H25N3O3. The van der Waals surface area contributed by atoms with Gasteiger partial charge in [-0.2, -0.15) is 0 Å². The van der Waals surface area contributed by atoms with E-state index >= 15 is 0 Å². The molecule has 3 rings (SSSR count). The Morgan fingerprint density at radius 3 is 2.56 bits per heavy atom. The highest BCUT2D eigenvalue weighted by atomic mass is 16.6. The van der Waals surface area contributed by atoms with E-state index in [0.717, 1.165) is 23.7 Å². The molecule has 6 nitrogen and oxygen atoms in total. The predicted molar refractivity (Wildman–Crippen MR) is 96.6 cm³/mol. The summed E-state index contributed by atoms with van der Waals surface area (Å²) in [7, 11) is 0. The quantitative estimate of drug-likeness (QED) is 0.878. The molecule has 2 N–H and O–H groups in total. The Morgan fingerprint density at radius 1 is 1.20 bits per heavy atom. The van der Waals surface area contributed by atoms with Crippen LogP contribution < -0.4 is 5.32 Å². The molecule has 1 aromatic carbocycles. The second-order valence-electron chi connectivity index (χ2n) is 7.46. The van der Waals surface area contributed by atoms with Crippen molar-refractivity contribution in [2.75, 3.05) is 13.1 Å². The molecule has 2 heterocycles. The van der Waals surface area contributed by atoms with Crippen LogP contribution in [0.15, 0.2) is 30.5 Å². The summed E-state index contributed by atoms with van der Waals surface area (Å²) in [6.45, 7) is 6.76. The third-order valence-electron chi connectivity index (χ3n) is 4.32. The van der Waals surface area contributed by atoms with E-state index in [1.165, 1.54) is 0 Å². The van der Waals surface area contributed by atoms with Gasteiger partial charge in [0, 0.05) is 36.2 Å². The monoisotopic (exact) mass is 343 g/mol. The largest absolute Gasteiger partial charge is 0.444 e. The zero-order valence-electron chi connectivity index (χ0n) is 15.0. The van der Waals surface area contributed by atoms with Gasteiger partial charge in [0.1, 0.15) is 5.60 Å². The van der Waals surface area contributed by atoms with Gasteiger partial charge in [0.2, 0.25) is 0 Å².